The van der Waals surface area contributed by atoms with Gasteiger partial charge in [-0.3, -0.25) is 0 Å². The molecule has 0 atom stereocenters. The summed E-state index contributed by atoms with van der Waals surface area (Å²) in [7, 11) is 1.67. The fourth-order valence-corrected chi connectivity index (χ4v) is 2.36. The highest BCUT2D eigenvalue weighted by Crippen LogP contribution is 2.21. The molecular weight excluding hydrogens is 281 g/mol. The molecule has 0 aliphatic rings. The molecule has 0 spiro atoms. The van der Waals surface area contributed by atoms with Gasteiger partial charge in [-0.15, -0.1) is 0 Å². The van der Waals surface area contributed by atoms with E-state index >= 15 is 0 Å². The predicted octanol–water partition coefficient (Wildman–Crippen LogP) is 3.27. The molecule has 0 heterocycles. The van der Waals surface area contributed by atoms with Gasteiger partial charge in [0.2, 0.25) is 0 Å². The van der Waals surface area contributed by atoms with Gasteiger partial charge in [-0.25, -0.2) is 0 Å². The summed E-state index contributed by atoms with van der Waals surface area (Å²) in [5.74, 6) is 0.861. The van der Waals surface area contributed by atoms with E-state index < -0.39 is 0 Å². The van der Waals surface area contributed by atoms with E-state index in [9.17, 15) is 0 Å². The lowest BCUT2D eigenvalue weighted by Crippen LogP contribution is -2.80. The van der Waals surface area contributed by atoms with Gasteiger partial charge in [-0.05, 0) is 24.3 Å². The molecule has 0 fully saturated rings. The van der Waals surface area contributed by atoms with Crippen LogP contribution in [0.5, 0.6) is 5.75 Å². The molecule has 0 unspecified atom stereocenters. The van der Waals surface area contributed by atoms with Crippen LogP contribution in [0.4, 0.5) is 0 Å². The molecule has 0 amide bonds. The second-order valence-electron chi connectivity index (χ2n) is 4.24. The Balaban J connectivity index is 2.00. The SMILES string of the molecule is COc1ccc(Cl)cc1C[NH2+]Cc1ccccc1Cl. The van der Waals surface area contributed by atoms with Crippen molar-refractivity contribution in [2.24, 2.45) is 0 Å². The molecule has 0 bridgehead atoms. The average molecular weight is 297 g/mol. The number of hydrogen-bond donors (Lipinski definition) is 1. The van der Waals surface area contributed by atoms with Crippen LogP contribution in [0, 0.1) is 0 Å². The monoisotopic (exact) mass is 296 g/mol. The van der Waals surface area contributed by atoms with Gasteiger partial charge in [0.1, 0.15) is 18.8 Å². The molecule has 0 saturated carbocycles. The van der Waals surface area contributed by atoms with E-state index in [1.165, 1.54) is 0 Å². The maximum atomic E-state index is 6.12. The fraction of sp³-hybridized carbons (Fsp3) is 0.200. The third-order valence-electron chi connectivity index (χ3n) is 2.93. The minimum absolute atomic E-state index is 0.724. The first-order valence-corrected chi connectivity index (χ1v) is 6.84. The summed E-state index contributed by atoms with van der Waals surface area (Å²) in [6.07, 6.45) is 0. The highest BCUT2D eigenvalue weighted by Gasteiger charge is 2.07. The largest absolute Gasteiger partial charge is 0.496 e. The molecule has 2 N–H and O–H groups in total. The van der Waals surface area contributed by atoms with Crippen LogP contribution in [0.25, 0.3) is 0 Å². The summed E-state index contributed by atoms with van der Waals surface area (Å²) >= 11 is 12.1. The van der Waals surface area contributed by atoms with Gasteiger partial charge < -0.3 is 10.1 Å². The van der Waals surface area contributed by atoms with Gasteiger partial charge in [0.15, 0.2) is 0 Å². The zero-order valence-electron chi connectivity index (χ0n) is 10.7. The second kappa shape index (κ2) is 6.80. The number of nitrogens with two attached hydrogens (primary N) is 1. The molecule has 2 aromatic rings. The van der Waals surface area contributed by atoms with Crippen LogP contribution in [0.2, 0.25) is 10.0 Å². The maximum absolute atomic E-state index is 6.12. The number of rotatable bonds is 5. The van der Waals surface area contributed by atoms with E-state index in [-0.39, 0.29) is 0 Å². The van der Waals surface area contributed by atoms with Crippen molar-refractivity contribution in [1.82, 2.24) is 0 Å². The van der Waals surface area contributed by atoms with Gasteiger partial charge >= 0.3 is 0 Å². The van der Waals surface area contributed by atoms with Gasteiger partial charge in [0.25, 0.3) is 0 Å². The molecule has 0 saturated heterocycles. The Hall–Kier alpha value is -1.22. The van der Waals surface area contributed by atoms with Crippen LogP contribution >= 0.6 is 23.2 Å². The Kier molecular flexibility index (Phi) is 5.08. The molecule has 2 nitrogen and oxygen atoms in total. The molecule has 0 aliphatic carbocycles. The number of hydrogen-bond acceptors (Lipinski definition) is 1. The van der Waals surface area contributed by atoms with Crippen LogP contribution in [0.3, 0.4) is 0 Å². The van der Waals surface area contributed by atoms with Crippen LogP contribution in [-0.4, -0.2) is 7.11 Å². The minimum Gasteiger partial charge on any atom is -0.496 e. The molecule has 2 rings (SSSR count). The third kappa shape index (κ3) is 3.87. The highest BCUT2D eigenvalue weighted by molar-refractivity contribution is 6.31. The third-order valence-corrected chi connectivity index (χ3v) is 3.53. The molecule has 19 heavy (non-hydrogen) atoms. The Bertz CT molecular complexity index is 558. The van der Waals surface area contributed by atoms with Crippen LogP contribution < -0.4 is 10.1 Å². The number of ether oxygens (including phenoxy) is 1. The fourth-order valence-electron chi connectivity index (χ4n) is 1.95. The zero-order valence-corrected chi connectivity index (χ0v) is 12.2. The Morgan fingerprint density at radius 2 is 1.74 bits per heavy atom. The van der Waals surface area contributed by atoms with Crippen molar-refractivity contribution >= 4 is 23.2 Å². The average Bonchev–Trinajstić information content (AvgIpc) is 2.41. The number of benzene rings is 2. The molecular formula is C15H16Cl2NO+. The zero-order chi connectivity index (χ0) is 13.7. The van der Waals surface area contributed by atoms with Gasteiger partial charge in [0.05, 0.1) is 7.11 Å². The normalized spacial score (nSPS) is 10.5. The lowest BCUT2D eigenvalue weighted by molar-refractivity contribution is -0.686. The molecule has 100 valence electrons. The standard InChI is InChI=1S/C15H15Cl2NO/c1-19-15-7-6-13(16)8-12(15)10-18-9-11-4-2-3-5-14(11)17/h2-8,18H,9-10H2,1H3/p+1. The lowest BCUT2D eigenvalue weighted by Gasteiger charge is -2.08. The van der Waals surface area contributed by atoms with E-state index in [0.29, 0.717) is 0 Å². The van der Waals surface area contributed by atoms with Crippen molar-refractivity contribution in [3.63, 3.8) is 0 Å². The topological polar surface area (TPSA) is 25.8 Å². The van der Waals surface area contributed by atoms with Crippen LogP contribution in [-0.2, 0) is 13.1 Å². The Morgan fingerprint density at radius 3 is 2.47 bits per heavy atom. The molecule has 0 radical (unpaired) electrons. The second-order valence-corrected chi connectivity index (χ2v) is 5.09. The summed E-state index contributed by atoms with van der Waals surface area (Å²) in [6.45, 7) is 1.63. The van der Waals surface area contributed by atoms with E-state index in [1.807, 2.05) is 42.5 Å². The summed E-state index contributed by atoms with van der Waals surface area (Å²) < 4.78 is 5.32. The van der Waals surface area contributed by atoms with Gasteiger partial charge in [0, 0.05) is 21.2 Å². The Morgan fingerprint density at radius 1 is 1.00 bits per heavy atom. The van der Waals surface area contributed by atoms with E-state index in [4.69, 9.17) is 27.9 Å². The summed E-state index contributed by atoms with van der Waals surface area (Å²) in [5, 5.41) is 3.70. The number of methoxy groups -OCH3 is 1. The number of halogens is 2. The van der Waals surface area contributed by atoms with E-state index in [2.05, 4.69) is 5.32 Å². The first-order valence-electron chi connectivity index (χ1n) is 6.08. The molecule has 0 aromatic heterocycles. The smallest absolute Gasteiger partial charge is 0.127 e. The summed E-state index contributed by atoms with van der Waals surface area (Å²) in [5.41, 5.74) is 2.22. The quantitative estimate of drug-likeness (QED) is 0.900. The summed E-state index contributed by atoms with van der Waals surface area (Å²) in [4.78, 5) is 0. The van der Waals surface area contributed by atoms with Gasteiger partial charge in [-0.2, -0.15) is 0 Å². The van der Waals surface area contributed by atoms with Crippen molar-refractivity contribution in [3.05, 3.63) is 63.6 Å². The first kappa shape index (κ1) is 14.2. The molecule has 4 heteroatoms. The molecule has 0 aliphatic heterocycles. The molecule has 2 aromatic carbocycles. The van der Waals surface area contributed by atoms with Crippen molar-refractivity contribution in [1.29, 1.82) is 0 Å². The van der Waals surface area contributed by atoms with Crippen molar-refractivity contribution in [2.45, 2.75) is 13.1 Å². The minimum atomic E-state index is 0.724. The van der Waals surface area contributed by atoms with Crippen molar-refractivity contribution < 1.29 is 10.1 Å². The first-order chi connectivity index (χ1) is 9.20. The van der Waals surface area contributed by atoms with Crippen molar-refractivity contribution in [3.8, 4) is 5.75 Å². The van der Waals surface area contributed by atoms with Gasteiger partial charge in [-0.1, -0.05) is 41.4 Å². The van der Waals surface area contributed by atoms with Crippen LogP contribution in [0.1, 0.15) is 11.1 Å². The highest BCUT2D eigenvalue weighted by atomic mass is 35.5. The van der Waals surface area contributed by atoms with Crippen LogP contribution in [0.15, 0.2) is 42.5 Å². The van der Waals surface area contributed by atoms with E-state index in [1.54, 1.807) is 7.11 Å². The predicted molar refractivity (Wildman–Crippen MR) is 78.8 cm³/mol. The Labute approximate surface area is 123 Å². The van der Waals surface area contributed by atoms with Crippen molar-refractivity contribution in [2.75, 3.05) is 7.11 Å². The number of quaternary nitrogens is 1. The maximum Gasteiger partial charge on any atom is 0.127 e. The summed E-state index contributed by atoms with van der Waals surface area (Å²) in [6, 6.07) is 13.5. The lowest BCUT2D eigenvalue weighted by atomic mass is 10.2. The van der Waals surface area contributed by atoms with E-state index in [0.717, 1.165) is 40.0 Å².